The van der Waals surface area contributed by atoms with E-state index in [2.05, 4.69) is 32.8 Å². The van der Waals surface area contributed by atoms with E-state index in [0.29, 0.717) is 17.3 Å². The number of aliphatic hydroxyl groups excluding tert-OH is 1. The van der Waals surface area contributed by atoms with Crippen LogP contribution in [0.4, 0.5) is 11.8 Å². The number of amides is 1. The van der Waals surface area contributed by atoms with Crippen LogP contribution >= 0.6 is 0 Å². The maximum absolute atomic E-state index is 12.6. The number of unbranched alkanes of at least 4 members (excludes halogenated alkanes) is 1. The number of aliphatic hydroxyl groups is 1. The monoisotopic (exact) mass is 361 g/mol. The molecule has 0 unspecified atom stereocenters. The molecule has 1 heterocycles. The molecule has 1 aromatic rings. The molecule has 2 aliphatic rings. The Bertz CT molecular complexity index is 598. The molecular weight excluding hydrogens is 330 g/mol. The molecule has 2 fully saturated rings. The molecule has 0 atom stereocenters. The first kappa shape index (κ1) is 18.9. The van der Waals surface area contributed by atoms with Gasteiger partial charge in [-0.15, -0.1) is 0 Å². The summed E-state index contributed by atoms with van der Waals surface area (Å²) in [6, 6.07) is 0.509. The van der Waals surface area contributed by atoms with Crippen molar-refractivity contribution >= 4 is 17.7 Å². The van der Waals surface area contributed by atoms with E-state index >= 15 is 0 Å². The quantitative estimate of drug-likeness (QED) is 0.531. The number of hydrogen-bond acceptors (Lipinski definition) is 6. The molecule has 1 amide bonds. The van der Waals surface area contributed by atoms with Crippen LogP contribution in [0.15, 0.2) is 6.20 Å². The van der Waals surface area contributed by atoms with Crippen molar-refractivity contribution in [3.8, 4) is 0 Å². The number of rotatable bonds is 8. The Kier molecular flexibility index (Phi) is 6.66. The van der Waals surface area contributed by atoms with Gasteiger partial charge >= 0.3 is 0 Å². The third-order valence-corrected chi connectivity index (χ3v) is 5.32. The first-order valence-electron chi connectivity index (χ1n) is 10.0. The van der Waals surface area contributed by atoms with Gasteiger partial charge in [0.05, 0.1) is 6.10 Å². The molecule has 2 aliphatic carbocycles. The molecule has 144 valence electrons. The van der Waals surface area contributed by atoms with Crippen LogP contribution in [0.1, 0.15) is 75.1 Å². The molecule has 0 radical (unpaired) electrons. The molecule has 26 heavy (non-hydrogen) atoms. The number of nitrogens with zero attached hydrogens (tertiary/aromatic N) is 2. The van der Waals surface area contributed by atoms with Gasteiger partial charge < -0.3 is 21.1 Å². The minimum absolute atomic E-state index is 0.104. The number of carbonyl (C=O) groups excluding carboxylic acids is 1. The smallest absolute Gasteiger partial charge is 0.256 e. The van der Waals surface area contributed by atoms with Gasteiger partial charge in [0, 0.05) is 24.8 Å². The average Bonchev–Trinajstić information content (AvgIpc) is 2.60. The van der Waals surface area contributed by atoms with E-state index in [1.54, 1.807) is 6.20 Å². The number of nitrogens with one attached hydrogen (secondary N) is 3. The molecule has 3 rings (SSSR count). The van der Waals surface area contributed by atoms with E-state index in [1.165, 1.54) is 6.42 Å². The SMILES string of the molecule is CCCCNc1ncc(C(=O)NC2CCC2)c(N[C@H]2CC[C@H](O)CC2)n1. The van der Waals surface area contributed by atoms with Gasteiger partial charge in [-0.25, -0.2) is 4.98 Å². The van der Waals surface area contributed by atoms with Crippen molar-refractivity contribution in [3.05, 3.63) is 11.8 Å². The number of carbonyl (C=O) groups is 1. The first-order chi connectivity index (χ1) is 12.7. The van der Waals surface area contributed by atoms with E-state index < -0.39 is 0 Å². The van der Waals surface area contributed by atoms with E-state index in [1.807, 2.05) is 0 Å². The van der Waals surface area contributed by atoms with Crippen molar-refractivity contribution in [2.45, 2.75) is 82.9 Å². The van der Waals surface area contributed by atoms with Gasteiger partial charge in [-0.1, -0.05) is 13.3 Å². The van der Waals surface area contributed by atoms with Crippen molar-refractivity contribution < 1.29 is 9.90 Å². The molecule has 0 saturated heterocycles. The Hall–Kier alpha value is -1.89. The van der Waals surface area contributed by atoms with Crippen LogP contribution in [0.25, 0.3) is 0 Å². The van der Waals surface area contributed by atoms with Gasteiger partial charge in [-0.3, -0.25) is 4.79 Å². The predicted molar refractivity (Wildman–Crippen MR) is 102 cm³/mol. The summed E-state index contributed by atoms with van der Waals surface area (Å²) < 4.78 is 0. The normalized spacial score (nSPS) is 23.2. The Morgan fingerprint density at radius 1 is 1.19 bits per heavy atom. The van der Waals surface area contributed by atoms with Crippen molar-refractivity contribution in [3.63, 3.8) is 0 Å². The zero-order valence-corrected chi connectivity index (χ0v) is 15.6. The second-order valence-corrected chi connectivity index (χ2v) is 7.49. The highest BCUT2D eigenvalue weighted by Crippen LogP contribution is 2.25. The second-order valence-electron chi connectivity index (χ2n) is 7.49. The van der Waals surface area contributed by atoms with Crippen LogP contribution in [0.3, 0.4) is 0 Å². The fourth-order valence-electron chi connectivity index (χ4n) is 3.35. The third-order valence-electron chi connectivity index (χ3n) is 5.32. The van der Waals surface area contributed by atoms with E-state index in [9.17, 15) is 9.90 Å². The molecule has 7 nitrogen and oxygen atoms in total. The largest absolute Gasteiger partial charge is 0.393 e. The lowest BCUT2D eigenvalue weighted by Crippen LogP contribution is -2.40. The molecule has 0 aromatic carbocycles. The minimum Gasteiger partial charge on any atom is -0.393 e. The van der Waals surface area contributed by atoms with Gasteiger partial charge in [0.25, 0.3) is 5.91 Å². The molecule has 7 heteroatoms. The Morgan fingerprint density at radius 2 is 1.96 bits per heavy atom. The molecule has 1 aromatic heterocycles. The van der Waals surface area contributed by atoms with Crippen molar-refractivity contribution in [2.75, 3.05) is 17.2 Å². The molecular formula is C19H31N5O2. The van der Waals surface area contributed by atoms with E-state index in [-0.39, 0.29) is 24.1 Å². The van der Waals surface area contributed by atoms with E-state index in [0.717, 1.165) is 57.9 Å². The lowest BCUT2D eigenvalue weighted by Gasteiger charge is -2.28. The summed E-state index contributed by atoms with van der Waals surface area (Å²) in [5, 5.41) is 19.4. The maximum atomic E-state index is 12.6. The van der Waals surface area contributed by atoms with Crippen molar-refractivity contribution in [1.29, 1.82) is 0 Å². The molecule has 0 bridgehead atoms. The van der Waals surface area contributed by atoms with Crippen LogP contribution in [0.2, 0.25) is 0 Å². The number of hydrogen-bond donors (Lipinski definition) is 4. The zero-order chi connectivity index (χ0) is 18.4. The standard InChI is InChI=1S/C19H31N5O2/c1-2-3-11-20-19-21-12-16(18(26)23-13-5-4-6-13)17(24-19)22-14-7-9-15(25)10-8-14/h12-15,25H,2-11H2,1H3,(H,23,26)(H2,20,21,22,24)/t14-,15-. The Labute approximate surface area is 155 Å². The third kappa shape index (κ3) is 5.06. The second kappa shape index (κ2) is 9.16. The van der Waals surface area contributed by atoms with E-state index in [4.69, 9.17) is 0 Å². The Morgan fingerprint density at radius 3 is 2.62 bits per heavy atom. The summed E-state index contributed by atoms with van der Waals surface area (Å²) in [5.41, 5.74) is 0.504. The average molecular weight is 361 g/mol. The van der Waals surface area contributed by atoms with Crippen LogP contribution in [-0.2, 0) is 0 Å². The summed E-state index contributed by atoms with van der Waals surface area (Å²) in [5.74, 6) is 1.04. The molecule has 0 aliphatic heterocycles. The zero-order valence-electron chi connectivity index (χ0n) is 15.6. The van der Waals surface area contributed by atoms with Crippen LogP contribution in [-0.4, -0.2) is 45.7 Å². The summed E-state index contributed by atoms with van der Waals surface area (Å²) in [6.07, 6.45) is 10.2. The van der Waals surface area contributed by atoms with Gasteiger partial charge in [-0.05, 0) is 51.4 Å². The summed E-state index contributed by atoms with van der Waals surface area (Å²) in [6.45, 7) is 2.96. The number of aromatic nitrogens is 2. The minimum atomic E-state index is -0.203. The van der Waals surface area contributed by atoms with Crippen LogP contribution in [0, 0.1) is 0 Å². The van der Waals surface area contributed by atoms with Gasteiger partial charge in [0.2, 0.25) is 5.95 Å². The highest BCUT2D eigenvalue weighted by molar-refractivity contribution is 5.98. The Balaban J connectivity index is 1.71. The summed E-state index contributed by atoms with van der Waals surface area (Å²) >= 11 is 0. The molecule has 2 saturated carbocycles. The van der Waals surface area contributed by atoms with Crippen molar-refractivity contribution in [1.82, 2.24) is 15.3 Å². The number of anilines is 2. The van der Waals surface area contributed by atoms with Crippen LogP contribution in [0.5, 0.6) is 0 Å². The van der Waals surface area contributed by atoms with Gasteiger partial charge in [0.15, 0.2) is 0 Å². The topological polar surface area (TPSA) is 99.2 Å². The highest BCUT2D eigenvalue weighted by atomic mass is 16.3. The fourth-order valence-corrected chi connectivity index (χ4v) is 3.35. The lowest BCUT2D eigenvalue weighted by atomic mass is 9.92. The fraction of sp³-hybridized carbons (Fsp3) is 0.737. The first-order valence-corrected chi connectivity index (χ1v) is 10.0. The molecule has 4 N–H and O–H groups in total. The maximum Gasteiger partial charge on any atom is 0.256 e. The lowest BCUT2D eigenvalue weighted by molar-refractivity contribution is 0.0916. The van der Waals surface area contributed by atoms with Gasteiger partial charge in [0.1, 0.15) is 11.4 Å². The summed E-state index contributed by atoms with van der Waals surface area (Å²) in [4.78, 5) is 21.5. The summed E-state index contributed by atoms with van der Waals surface area (Å²) in [7, 11) is 0. The van der Waals surface area contributed by atoms with Gasteiger partial charge in [-0.2, -0.15) is 4.98 Å². The predicted octanol–water partition coefficient (Wildman–Crippen LogP) is 2.69. The molecule has 0 spiro atoms. The van der Waals surface area contributed by atoms with Crippen molar-refractivity contribution in [2.24, 2.45) is 0 Å². The van der Waals surface area contributed by atoms with Crippen LogP contribution < -0.4 is 16.0 Å². The highest BCUT2D eigenvalue weighted by Gasteiger charge is 2.25.